The summed E-state index contributed by atoms with van der Waals surface area (Å²) >= 11 is 0. The molecule has 3 rings (SSSR count). The molecule has 0 aliphatic rings. The standard InChI is InChI=1S/C15H12F2N2O/c1-18-15(12-4-2-11(17)8-19-12)14-7-9-6-10(16)3-5-13(9)20-14/h2-8,15,18H,1H3. The summed E-state index contributed by atoms with van der Waals surface area (Å²) in [6.45, 7) is 0. The summed E-state index contributed by atoms with van der Waals surface area (Å²) < 4.78 is 31.8. The zero-order valence-electron chi connectivity index (χ0n) is 10.7. The highest BCUT2D eigenvalue weighted by Crippen LogP contribution is 2.27. The Morgan fingerprint density at radius 1 is 1.10 bits per heavy atom. The summed E-state index contributed by atoms with van der Waals surface area (Å²) in [5, 5.41) is 3.74. The molecular formula is C15H12F2N2O. The number of hydrogen-bond donors (Lipinski definition) is 1. The van der Waals surface area contributed by atoms with E-state index in [4.69, 9.17) is 4.42 Å². The van der Waals surface area contributed by atoms with Crippen molar-refractivity contribution >= 4 is 11.0 Å². The molecule has 0 amide bonds. The monoisotopic (exact) mass is 274 g/mol. The highest BCUT2D eigenvalue weighted by molar-refractivity contribution is 5.78. The van der Waals surface area contributed by atoms with Gasteiger partial charge in [-0.1, -0.05) is 0 Å². The lowest BCUT2D eigenvalue weighted by molar-refractivity contribution is 0.484. The van der Waals surface area contributed by atoms with Gasteiger partial charge in [-0.05, 0) is 43.4 Å². The van der Waals surface area contributed by atoms with Crippen LogP contribution in [0.2, 0.25) is 0 Å². The van der Waals surface area contributed by atoms with E-state index in [1.54, 1.807) is 25.2 Å². The topological polar surface area (TPSA) is 38.1 Å². The molecule has 0 fully saturated rings. The van der Waals surface area contributed by atoms with Crippen LogP contribution in [0.25, 0.3) is 11.0 Å². The number of halogens is 2. The van der Waals surface area contributed by atoms with Gasteiger partial charge in [-0.2, -0.15) is 0 Å². The Bertz CT molecular complexity index is 737. The number of pyridine rings is 1. The summed E-state index contributed by atoms with van der Waals surface area (Å²) in [5.41, 5.74) is 1.23. The quantitative estimate of drug-likeness (QED) is 0.795. The van der Waals surface area contributed by atoms with Crippen LogP contribution in [0.15, 0.2) is 47.0 Å². The van der Waals surface area contributed by atoms with Crippen LogP contribution in [0.1, 0.15) is 17.5 Å². The van der Waals surface area contributed by atoms with E-state index in [2.05, 4.69) is 10.3 Å². The molecule has 2 aromatic heterocycles. The van der Waals surface area contributed by atoms with Crippen LogP contribution in [0, 0.1) is 11.6 Å². The summed E-state index contributed by atoms with van der Waals surface area (Å²) in [6.07, 6.45) is 1.15. The van der Waals surface area contributed by atoms with Gasteiger partial charge in [0.2, 0.25) is 0 Å². The zero-order valence-corrected chi connectivity index (χ0v) is 10.7. The Hall–Kier alpha value is -2.27. The molecule has 1 atom stereocenters. The Kier molecular flexibility index (Phi) is 3.20. The second kappa shape index (κ2) is 5.02. The molecule has 0 saturated carbocycles. The number of rotatable bonds is 3. The molecule has 102 valence electrons. The van der Waals surface area contributed by atoms with E-state index < -0.39 is 5.82 Å². The molecule has 20 heavy (non-hydrogen) atoms. The van der Waals surface area contributed by atoms with Gasteiger partial charge in [0, 0.05) is 5.39 Å². The molecule has 0 aliphatic heterocycles. The molecule has 3 nitrogen and oxygen atoms in total. The van der Waals surface area contributed by atoms with E-state index in [0.717, 1.165) is 6.20 Å². The van der Waals surface area contributed by atoms with Gasteiger partial charge in [-0.25, -0.2) is 8.78 Å². The molecule has 1 N–H and O–H groups in total. The molecule has 0 saturated heterocycles. The third-order valence-corrected chi connectivity index (χ3v) is 3.12. The normalized spacial score (nSPS) is 12.8. The first-order chi connectivity index (χ1) is 9.67. The number of aromatic nitrogens is 1. The summed E-state index contributed by atoms with van der Waals surface area (Å²) in [7, 11) is 1.75. The van der Waals surface area contributed by atoms with Crippen molar-refractivity contribution in [2.75, 3.05) is 7.05 Å². The van der Waals surface area contributed by atoms with E-state index in [1.165, 1.54) is 18.2 Å². The fourth-order valence-electron chi connectivity index (χ4n) is 2.17. The van der Waals surface area contributed by atoms with Crippen LogP contribution in [0.4, 0.5) is 8.78 Å². The molecule has 2 heterocycles. The van der Waals surface area contributed by atoms with Gasteiger partial charge in [-0.15, -0.1) is 0 Å². The lowest BCUT2D eigenvalue weighted by Gasteiger charge is -2.12. The van der Waals surface area contributed by atoms with Gasteiger partial charge >= 0.3 is 0 Å². The predicted molar refractivity (Wildman–Crippen MR) is 71.3 cm³/mol. The Morgan fingerprint density at radius 3 is 2.60 bits per heavy atom. The highest BCUT2D eigenvalue weighted by atomic mass is 19.1. The summed E-state index contributed by atoms with van der Waals surface area (Å²) in [6, 6.07) is 8.71. The van der Waals surface area contributed by atoms with E-state index >= 15 is 0 Å². The average Bonchev–Trinajstić information content (AvgIpc) is 2.84. The summed E-state index contributed by atoms with van der Waals surface area (Å²) in [4.78, 5) is 4.04. The number of nitrogens with zero attached hydrogens (tertiary/aromatic N) is 1. The van der Waals surface area contributed by atoms with Crippen molar-refractivity contribution < 1.29 is 13.2 Å². The van der Waals surface area contributed by atoms with Gasteiger partial charge in [-0.3, -0.25) is 4.98 Å². The first kappa shape index (κ1) is 12.7. The van der Waals surface area contributed by atoms with Crippen molar-refractivity contribution in [3.63, 3.8) is 0 Å². The predicted octanol–water partition coefficient (Wildman–Crippen LogP) is 3.41. The van der Waals surface area contributed by atoms with Crippen molar-refractivity contribution in [1.29, 1.82) is 0 Å². The number of hydrogen-bond acceptors (Lipinski definition) is 3. The molecular weight excluding hydrogens is 262 g/mol. The maximum Gasteiger partial charge on any atom is 0.141 e. The minimum Gasteiger partial charge on any atom is -0.459 e. The zero-order chi connectivity index (χ0) is 14.1. The van der Waals surface area contributed by atoms with Crippen LogP contribution in [0.5, 0.6) is 0 Å². The second-order valence-corrected chi connectivity index (χ2v) is 4.45. The van der Waals surface area contributed by atoms with Gasteiger partial charge in [0.05, 0.1) is 11.9 Å². The minimum absolute atomic E-state index is 0.314. The van der Waals surface area contributed by atoms with Gasteiger partial charge in [0.15, 0.2) is 0 Å². The second-order valence-electron chi connectivity index (χ2n) is 4.45. The molecule has 0 radical (unpaired) electrons. The van der Waals surface area contributed by atoms with Crippen molar-refractivity contribution in [3.05, 3.63) is 65.7 Å². The Labute approximate surface area is 114 Å². The number of nitrogens with one attached hydrogen (secondary N) is 1. The average molecular weight is 274 g/mol. The fourth-order valence-corrected chi connectivity index (χ4v) is 2.17. The van der Waals surface area contributed by atoms with E-state index in [9.17, 15) is 8.78 Å². The largest absolute Gasteiger partial charge is 0.459 e. The maximum absolute atomic E-state index is 13.2. The maximum atomic E-state index is 13.2. The van der Waals surface area contributed by atoms with Gasteiger partial charge < -0.3 is 9.73 Å². The Balaban J connectivity index is 2.04. The van der Waals surface area contributed by atoms with E-state index in [1.807, 2.05) is 0 Å². The van der Waals surface area contributed by atoms with Crippen molar-refractivity contribution in [2.45, 2.75) is 6.04 Å². The fraction of sp³-hybridized carbons (Fsp3) is 0.133. The number of fused-ring (bicyclic) bond motifs is 1. The van der Waals surface area contributed by atoms with Crippen LogP contribution in [-0.4, -0.2) is 12.0 Å². The minimum atomic E-state index is -0.393. The number of furan rings is 1. The van der Waals surface area contributed by atoms with Gasteiger partial charge in [0.25, 0.3) is 0 Å². The smallest absolute Gasteiger partial charge is 0.141 e. The molecule has 1 aromatic carbocycles. The van der Waals surface area contributed by atoms with E-state index in [0.29, 0.717) is 22.4 Å². The third kappa shape index (κ3) is 2.28. The summed E-state index contributed by atoms with van der Waals surface area (Å²) in [5.74, 6) is -0.103. The van der Waals surface area contributed by atoms with Crippen molar-refractivity contribution in [3.8, 4) is 0 Å². The first-order valence-electron chi connectivity index (χ1n) is 6.15. The van der Waals surface area contributed by atoms with Crippen LogP contribution in [-0.2, 0) is 0 Å². The molecule has 5 heteroatoms. The lowest BCUT2D eigenvalue weighted by atomic mass is 10.1. The van der Waals surface area contributed by atoms with Crippen molar-refractivity contribution in [2.24, 2.45) is 0 Å². The highest BCUT2D eigenvalue weighted by Gasteiger charge is 2.18. The molecule has 3 aromatic rings. The SMILES string of the molecule is CNC(c1ccc(F)cn1)c1cc2cc(F)ccc2o1. The third-order valence-electron chi connectivity index (χ3n) is 3.12. The first-order valence-corrected chi connectivity index (χ1v) is 6.15. The van der Waals surface area contributed by atoms with E-state index in [-0.39, 0.29) is 11.9 Å². The van der Waals surface area contributed by atoms with Gasteiger partial charge in [0.1, 0.15) is 29.0 Å². The van der Waals surface area contributed by atoms with Crippen molar-refractivity contribution in [1.82, 2.24) is 10.3 Å². The molecule has 0 spiro atoms. The number of benzene rings is 1. The molecule has 0 bridgehead atoms. The Morgan fingerprint density at radius 2 is 1.90 bits per heavy atom. The molecule has 1 unspecified atom stereocenters. The van der Waals surface area contributed by atoms with Crippen LogP contribution < -0.4 is 5.32 Å². The van der Waals surface area contributed by atoms with Crippen LogP contribution in [0.3, 0.4) is 0 Å². The molecule has 0 aliphatic carbocycles. The lowest BCUT2D eigenvalue weighted by Crippen LogP contribution is -2.18. The van der Waals surface area contributed by atoms with Crippen LogP contribution >= 0.6 is 0 Å².